The number of ether oxygens (including phenoxy) is 2. The number of hydrogen-bond acceptors (Lipinski definition) is 4. The van der Waals surface area contributed by atoms with Crippen molar-refractivity contribution in [2.24, 2.45) is 0 Å². The number of amides is 2. The van der Waals surface area contributed by atoms with Gasteiger partial charge in [0.25, 0.3) is 0 Å². The summed E-state index contributed by atoms with van der Waals surface area (Å²) in [5, 5.41) is 2.98. The zero-order valence-corrected chi connectivity index (χ0v) is 16.3. The van der Waals surface area contributed by atoms with Crippen molar-refractivity contribution < 1.29 is 14.3 Å². The molecule has 6 nitrogen and oxygen atoms in total. The number of morpholine rings is 1. The minimum absolute atomic E-state index is 0.0595. The highest BCUT2D eigenvalue weighted by Crippen LogP contribution is 2.30. The minimum atomic E-state index is -0.0831. The summed E-state index contributed by atoms with van der Waals surface area (Å²) in [7, 11) is 2.13. The van der Waals surface area contributed by atoms with Gasteiger partial charge in [-0.15, -0.1) is 0 Å². The molecule has 2 saturated heterocycles. The number of urea groups is 1. The van der Waals surface area contributed by atoms with Gasteiger partial charge in [-0.1, -0.05) is 18.2 Å². The first kappa shape index (κ1) is 18.8. The van der Waals surface area contributed by atoms with Crippen molar-refractivity contribution in [2.75, 3.05) is 45.2 Å². The fourth-order valence-electron chi connectivity index (χ4n) is 3.89. The Kier molecular flexibility index (Phi) is 5.50. The normalized spacial score (nSPS) is 19.4. The predicted octanol–water partition coefficient (Wildman–Crippen LogP) is 3.81. The fraction of sp³-hybridized carbons (Fsp3) is 0.409. The van der Waals surface area contributed by atoms with Gasteiger partial charge in [-0.2, -0.15) is 0 Å². The molecule has 148 valence electrons. The molecule has 1 N–H and O–H groups in total. The van der Waals surface area contributed by atoms with Crippen LogP contribution in [-0.4, -0.2) is 61.3 Å². The van der Waals surface area contributed by atoms with E-state index in [0.717, 1.165) is 62.8 Å². The number of para-hydroxylation sites is 1. The molecule has 28 heavy (non-hydrogen) atoms. The average Bonchev–Trinajstić information content (AvgIpc) is 2.71. The second-order valence-corrected chi connectivity index (χ2v) is 7.63. The molecular weight excluding hydrogens is 354 g/mol. The molecule has 0 radical (unpaired) electrons. The van der Waals surface area contributed by atoms with Crippen molar-refractivity contribution in [3.05, 3.63) is 54.6 Å². The Labute approximate surface area is 166 Å². The average molecular weight is 381 g/mol. The Bertz CT molecular complexity index is 786. The van der Waals surface area contributed by atoms with Crippen molar-refractivity contribution in [1.29, 1.82) is 0 Å². The van der Waals surface area contributed by atoms with Crippen LogP contribution in [0, 0.1) is 0 Å². The van der Waals surface area contributed by atoms with Crippen LogP contribution in [0.2, 0.25) is 0 Å². The van der Waals surface area contributed by atoms with Gasteiger partial charge in [0.2, 0.25) is 0 Å². The molecule has 0 atom stereocenters. The van der Waals surface area contributed by atoms with Crippen LogP contribution < -0.4 is 10.1 Å². The summed E-state index contributed by atoms with van der Waals surface area (Å²) in [5.74, 6) is 1.53. The third-order valence-electron chi connectivity index (χ3n) is 5.49. The SMILES string of the molecule is CN1CCOC2(CCN(C(=O)Nc3ccc(Oc4ccccc4)cc3)CC2)C1. The molecule has 2 aliphatic heterocycles. The lowest BCUT2D eigenvalue weighted by Crippen LogP contribution is -2.57. The van der Waals surface area contributed by atoms with Crippen LogP contribution in [0.5, 0.6) is 11.5 Å². The summed E-state index contributed by atoms with van der Waals surface area (Å²) < 4.78 is 11.9. The summed E-state index contributed by atoms with van der Waals surface area (Å²) in [4.78, 5) is 16.8. The zero-order valence-electron chi connectivity index (χ0n) is 16.3. The summed E-state index contributed by atoms with van der Waals surface area (Å²) in [6.45, 7) is 4.14. The van der Waals surface area contributed by atoms with Crippen LogP contribution in [0.1, 0.15) is 12.8 Å². The first-order chi connectivity index (χ1) is 13.6. The highest BCUT2D eigenvalue weighted by atomic mass is 16.5. The molecule has 2 amide bonds. The molecule has 0 unspecified atom stereocenters. The van der Waals surface area contributed by atoms with Crippen molar-refractivity contribution in [3.63, 3.8) is 0 Å². The maximum absolute atomic E-state index is 12.6. The summed E-state index contributed by atoms with van der Waals surface area (Å²) in [6, 6.07) is 17.0. The standard InChI is InChI=1S/C22H27N3O3/c1-24-15-16-27-22(17-24)11-13-25(14-12-22)21(26)23-18-7-9-20(10-8-18)28-19-5-3-2-4-6-19/h2-10H,11-17H2,1H3,(H,23,26). The van der Waals surface area contributed by atoms with Gasteiger partial charge in [-0.25, -0.2) is 4.79 Å². The van der Waals surface area contributed by atoms with E-state index in [1.165, 1.54) is 0 Å². The van der Waals surface area contributed by atoms with E-state index >= 15 is 0 Å². The second kappa shape index (κ2) is 8.20. The van der Waals surface area contributed by atoms with Gasteiger partial charge in [-0.05, 0) is 56.3 Å². The van der Waals surface area contributed by atoms with Gasteiger partial charge in [0.15, 0.2) is 0 Å². The van der Waals surface area contributed by atoms with Crippen molar-refractivity contribution in [3.8, 4) is 11.5 Å². The van der Waals surface area contributed by atoms with Crippen LogP contribution >= 0.6 is 0 Å². The van der Waals surface area contributed by atoms with Crippen molar-refractivity contribution in [1.82, 2.24) is 9.80 Å². The molecule has 6 heteroatoms. The molecule has 0 saturated carbocycles. The first-order valence-corrected chi connectivity index (χ1v) is 9.83. The third-order valence-corrected chi connectivity index (χ3v) is 5.49. The van der Waals surface area contributed by atoms with Crippen LogP contribution in [0.4, 0.5) is 10.5 Å². The number of nitrogens with one attached hydrogen (secondary N) is 1. The summed E-state index contributed by atoms with van der Waals surface area (Å²) in [6.07, 6.45) is 1.77. The van der Waals surface area contributed by atoms with Crippen molar-refractivity contribution >= 4 is 11.7 Å². The molecule has 2 aromatic carbocycles. The Morgan fingerprint density at radius 2 is 1.68 bits per heavy atom. The molecule has 2 fully saturated rings. The number of carbonyl (C=O) groups excluding carboxylic acids is 1. The van der Waals surface area contributed by atoms with E-state index < -0.39 is 0 Å². The predicted molar refractivity (Wildman–Crippen MR) is 109 cm³/mol. The molecule has 4 rings (SSSR count). The molecule has 0 aliphatic carbocycles. The monoisotopic (exact) mass is 381 g/mol. The number of rotatable bonds is 3. The zero-order chi connectivity index (χ0) is 19.4. The molecule has 1 spiro atoms. The Balaban J connectivity index is 1.29. The molecule has 0 aromatic heterocycles. The highest BCUT2D eigenvalue weighted by molar-refractivity contribution is 5.89. The number of likely N-dealkylation sites (N-methyl/N-ethyl adjacent to an activating group) is 1. The number of nitrogens with zero attached hydrogens (tertiary/aromatic N) is 2. The van der Waals surface area contributed by atoms with Gasteiger partial charge in [-0.3, -0.25) is 0 Å². The van der Waals surface area contributed by atoms with E-state index in [1.807, 2.05) is 59.5 Å². The molecule has 2 heterocycles. The van der Waals surface area contributed by atoms with Crippen LogP contribution in [0.15, 0.2) is 54.6 Å². The Hall–Kier alpha value is -2.57. The molecule has 2 aliphatic rings. The number of carbonyl (C=O) groups is 1. The van der Waals surface area contributed by atoms with Crippen LogP contribution in [-0.2, 0) is 4.74 Å². The maximum atomic E-state index is 12.6. The lowest BCUT2D eigenvalue weighted by molar-refractivity contribution is -0.126. The lowest BCUT2D eigenvalue weighted by Gasteiger charge is -2.46. The number of likely N-dealkylation sites (tertiary alicyclic amines) is 1. The second-order valence-electron chi connectivity index (χ2n) is 7.63. The first-order valence-electron chi connectivity index (χ1n) is 9.83. The van der Waals surface area contributed by atoms with Gasteiger partial charge in [0.1, 0.15) is 11.5 Å². The Morgan fingerprint density at radius 3 is 2.36 bits per heavy atom. The van der Waals surface area contributed by atoms with Gasteiger partial charge < -0.3 is 24.6 Å². The highest BCUT2D eigenvalue weighted by Gasteiger charge is 2.39. The molecule has 2 aromatic rings. The smallest absolute Gasteiger partial charge is 0.321 e. The molecule has 0 bridgehead atoms. The lowest BCUT2D eigenvalue weighted by atomic mass is 9.89. The fourth-order valence-corrected chi connectivity index (χ4v) is 3.89. The van der Waals surface area contributed by atoms with Crippen molar-refractivity contribution in [2.45, 2.75) is 18.4 Å². The van der Waals surface area contributed by atoms with Gasteiger partial charge >= 0.3 is 6.03 Å². The van der Waals surface area contributed by atoms with E-state index in [0.29, 0.717) is 0 Å². The summed E-state index contributed by atoms with van der Waals surface area (Å²) >= 11 is 0. The van der Waals surface area contributed by atoms with E-state index in [2.05, 4.69) is 17.3 Å². The topological polar surface area (TPSA) is 54.0 Å². The van der Waals surface area contributed by atoms with E-state index in [9.17, 15) is 4.79 Å². The number of piperidine rings is 1. The van der Waals surface area contributed by atoms with Crippen LogP contribution in [0.3, 0.4) is 0 Å². The number of hydrogen-bond donors (Lipinski definition) is 1. The maximum Gasteiger partial charge on any atom is 0.321 e. The number of anilines is 1. The Morgan fingerprint density at radius 1 is 1.00 bits per heavy atom. The molecular formula is C22H27N3O3. The summed E-state index contributed by atoms with van der Waals surface area (Å²) in [5.41, 5.74) is 0.680. The van der Waals surface area contributed by atoms with Gasteiger partial charge in [0, 0.05) is 31.9 Å². The van der Waals surface area contributed by atoms with E-state index in [-0.39, 0.29) is 11.6 Å². The minimum Gasteiger partial charge on any atom is -0.457 e. The number of benzene rings is 2. The van der Waals surface area contributed by atoms with Crippen LogP contribution in [0.25, 0.3) is 0 Å². The largest absolute Gasteiger partial charge is 0.457 e. The van der Waals surface area contributed by atoms with E-state index in [1.54, 1.807) is 0 Å². The third kappa shape index (κ3) is 4.46. The quantitative estimate of drug-likeness (QED) is 0.879. The van der Waals surface area contributed by atoms with Gasteiger partial charge in [0.05, 0.1) is 12.2 Å². The van der Waals surface area contributed by atoms with E-state index in [4.69, 9.17) is 9.47 Å².